The van der Waals surface area contributed by atoms with Gasteiger partial charge in [0.25, 0.3) is 5.91 Å². The van der Waals surface area contributed by atoms with Crippen molar-refractivity contribution in [1.82, 2.24) is 9.80 Å². The van der Waals surface area contributed by atoms with E-state index in [1.165, 1.54) is 14.2 Å². The third kappa shape index (κ3) is 7.69. The summed E-state index contributed by atoms with van der Waals surface area (Å²) in [4.78, 5) is 30.7. The first-order valence-corrected chi connectivity index (χ1v) is 12.9. The summed E-state index contributed by atoms with van der Waals surface area (Å²) in [6.45, 7) is 4.54. The summed E-state index contributed by atoms with van der Waals surface area (Å²) in [5.41, 5.74) is 1.38. The number of ether oxygens (including phenoxy) is 4. The van der Waals surface area contributed by atoms with Crippen LogP contribution in [0.25, 0.3) is 0 Å². The average molecular weight is 539 g/mol. The molecule has 0 bridgehead atoms. The highest BCUT2D eigenvalue weighted by Gasteiger charge is 2.27. The van der Waals surface area contributed by atoms with Gasteiger partial charge in [-0.15, -0.1) is 0 Å². The lowest BCUT2D eigenvalue weighted by Crippen LogP contribution is -2.46. The number of carbonyl (C=O) groups is 2. The molecular formula is C30H38N2O7. The highest BCUT2D eigenvalue weighted by atomic mass is 16.5. The first kappa shape index (κ1) is 29.4. The number of rotatable bonds is 14. The maximum Gasteiger partial charge on any atom is 0.254 e. The molecule has 3 aromatic rings. The van der Waals surface area contributed by atoms with E-state index in [0.717, 1.165) is 5.56 Å². The van der Waals surface area contributed by atoms with Crippen molar-refractivity contribution in [3.8, 4) is 23.0 Å². The van der Waals surface area contributed by atoms with Crippen LogP contribution in [0.5, 0.6) is 23.0 Å². The largest absolute Gasteiger partial charge is 0.497 e. The van der Waals surface area contributed by atoms with Crippen molar-refractivity contribution in [3.63, 3.8) is 0 Å². The molecular weight excluding hydrogens is 500 g/mol. The first-order chi connectivity index (χ1) is 18.8. The highest BCUT2D eigenvalue weighted by molar-refractivity contribution is 5.97. The molecule has 39 heavy (non-hydrogen) atoms. The molecule has 210 valence electrons. The van der Waals surface area contributed by atoms with E-state index in [2.05, 4.69) is 0 Å². The summed E-state index contributed by atoms with van der Waals surface area (Å²) in [5.74, 6) is 2.48. The Morgan fingerprint density at radius 1 is 0.897 bits per heavy atom. The molecule has 0 aliphatic rings. The Labute approximate surface area is 230 Å². The van der Waals surface area contributed by atoms with Crippen molar-refractivity contribution < 1.29 is 33.0 Å². The Kier molecular flexibility index (Phi) is 10.7. The van der Waals surface area contributed by atoms with Crippen molar-refractivity contribution in [2.75, 3.05) is 41.5 Å². The van der Waals surface area contributed by atoms with Crippen molar-refractivity contribution in [1.29, 1.82) is 0 Å². The molecule has 0 aliphatic heterocycles. The number of benzene rings is 2. The van der Waals surface area contributed by atoms with E-state index < -0.39 is 0 Å². The van der Waals surface area contributed by atoms with Crippen LogP contribution in [-0.2, 0) is 17.8 Å². The van der Waals surface area contributed by atoms with Crippen molar-refractivity contribution in [3.05, 3.63) is 71.7 Å². The van der Waals surface area contributed by atoms with E-state index in [1.54, 1.807) is 54.5 Å². The SMILES string of the molecule is CCC(C)N(CC(=O)N(CCc1ccc(OC)c(OC)c1)Cc1ccco1)C(=O)c1cc(OC)cc(OC)c1. The minimum Gasteiger partial charge on any atom is -0.497 e. The second-order valence-electron chi connectivity index (χ2n) is 9.13. The standard InChI is InChI=1S/C30H38N2O7/c1-7-21(2)32(30(34)23-16-25(35-3)18-26(17-23)36-4)20-29(33)31(19-24-9-8-14-39-24)13-12-22-10-11-27(37-5)28(15-22)38-6/h8-11,14-18,21H,7,12-13,19-20H2,1-6H3. The van der Waals surface area contributed by atoms with Crippen LogP contribution in [0.2, 0.25) is 0 Å². The van der Waals surface area contributed by atoms with Crippen LogP contribution in [0.4, 0.5) is 0 Å². The predicted molar refractivity (Wildman–Crippen MR) is 148 cm³/mol. The summed E-state index contributed by atoms with van der Waals surface area (Å²) in [5, 5.41) is 0. The van der Waals surface area contributed by atoms with Crippen LogP contribution >= 0.6 is 0 Å². The predicted octanol–water partition coefficient (Wildman–Crippen LogP) is 4.83. The van der Waals surface area contributed by atoms with Crippen LogP contribution in [0, 0.1) is 0 Å². The van der Waals surface area contributed by atoms with E-state index >= 15 is 0 Å². The Hall–Kier alpha value is -4.14. The molecule has 1 unspecified atom stereocenters. The van der Waals surface area contributed by atoms with Gasteiger partial charge in [-0.2, -0.15) is 0 Å². The van der Waals surface area contributed by atoms with Crippen LogP contribution in [0.3, 0.4) is 0 Å². The van der Waals surface area contributed by atoms with Gasteiger partial charge >= 0.3 is 0 Å². The molecule has 9 heteroatoms. The van der Waals surface area contributed by atoms with E-state index in [4.69, 9.17) is 23.4 Å². The molecule has 0 spiro atoms. The van der Waals surface area contributed by atoms with Gasteiger partial charge in [-0.3, -0.25) is 9.59 Å². The van der Waals surface area contributed by atoms with Crippen molar-refractivity contribution in [2.24, 2.45) is 0 Å². The molecule has 9 nitrogen and oxygen atoms in total. The van der Waals surface area contributed by atoms with Crippen LogP contribution < -0.4 is 18.9 Å². The number of amides is 2. The number of furan rings is 1. The Bertz CT molecular complexity index is 1200. The van der Waals surface area contributed by atoms with Gasteiger partial charge in [0.2, 0.25) is 5.91 Å². The van der Waals surface area contributed by atoms with E-state index in [0.29, 0.717) is 53.7 Å². The van der Waals surface area contributed by atoms with Gasteiger partial charge < -0.3 is 33.2 Å². The summed E-state index contributed by atoms with van der Waals surface area (Å²) >= 11 is 0. The van der Waals surface area contributed by atoms with Gasteiger partial charge in [0.05, 0.1) is 41.2 Å². The molecule has 0 aliphatic carbocycles. The fraction of sp³-hybridized carbons (Fsp3) is 0.400. The Balaban J connectivity index is 1.84. The van der Waals surface area contributed by atoms with E-state index in [-0.39, 0.29) is 30.9 Å². The molecule has 2 aromatic carbocycles. The van der Waals surface area contributed by atoms with Gasteiger partial charge in [0.15, 0.2) is 11.5 Å². The maximum atomic E-state index is 13.7. The molecule has 3 rings (SSSR count). The molecule has 1 aromatic heterocycles. The van der Waals surface area contributed by atoms with Crippen LogP contribution in [0.15, 0.2) is 59.2 Å². The zero-order valence-corrected chi connectivity index (χ0v) is 23.6. The summed E-state index contributed by atoms with van der Waals surface area (Å²) < 4.78 is 27.0. The molecule has 1 atom stereocenters. The fourth-order valence-corrected chi connectivity index (χ4v) is 4.17. The van der Waals surface area contributed by atoms with Crippen molar-refractivity contribution in [2.45, 2.75) is 39.3 Å². The number of hydrogen-bond donors (Lipinski definition) is 0. The Morgan fingerprint density at radius 2 is 1.59 bits per heavy atom. The van der Waals surface area contributed by atoms with Gasteiger partial charge in [0.1, 0.15) is 23.8 Å². The Morgan fingerprint density at radius 3 is 2.15 bits per heavy atom. The van der Waals surface area contributed by atoms with Crippen LogP contribution in [0.1, 0.15) is 41.9 Å². The fourth-order valence-electron chi connectivity index (χ4n) is 4.17. The zero-order chi connectivity index (χ0) is 28.4. The minimum atomic E-state index is -0.271. The minimum absolute atomic E-state index is 0.0833. The molecule has 0 fully saturated rings. The summed E-state index contributed by atoms with van der Waals surface area (Å²) in [7, 11) is 6.24. The van der Waals surface area contributed by atoms with E-state index in [9.17, 15) is 9.59 Å². The third-order valence-corrected chi connectivity index (χ3v) is 6.69. The number of carbonyl (C=O) groups excluding carboxylic acids is 2. The molecule has 0 saturated heterocycles. The number of nitrogens with zero attached hydrogens (tertiary/aromatic N) is 2. The molecule has 2 amide bonds. The summed E-state index contributed by atoms with van der Waals surface area (Å²) in [6, 6.07) is 14.2. The second-order valence-corrected chi connectivity index (χ2v) is 9.13. The zero-order valence-electron chi connectivity index (χ0n) is 23.6. The third-order valence-electron chi connectivity index (χ3n) is 6.69. The first-order valence-electron chi connectivity index (χ1n) is 12.9. The smallest absolute Gasteiger partial charge is 0.254 e. The summed E-state index contributed by atoms with van der Waals surface area (Å²) in [6.07, 6.45) is 2.85. The topological polar surface area (TPSA) is 90.7 Å². The normalized spacial score (nSPS) is 11.4. The average Bonchev–Trinajstić information content (AvgIpc) is 3.49. The van der Waals surface area contributed by atoms with Gasteiger partial charge in [0, 0.05) is 24.2 Å². The van der Waals surface area contributed by atoms with Crippen LogP contribution in [-0.4, -0.2) is 69.2 Å². The molecule has 0 saturated carbocycles. The highest BCUT2D eigenvalue weighted by Crippen LogP contribution is 2.28. The van der Waals surface area contributed by atoms with Gasteiger partial charge in [-0.25, -0.2) is 0 Å². The molecule has 0 radical (unpaired) electrons. The molecule has 1 heterocycles. The van der Waals surface area contributed by atoms with Gasteiger partial charge in [-0.05, 0) is 61.7 Å². The molecule has 0 N–H and O–H groups in total. The number of hydrogen-bond acceptors (Lipinski definition) is 7. The lowest BCUT2D eigenvalue weighted by Gasteiger charge is -2.31. The second kappa shape index (κ2) is 14.1. The lowest BCUT2D eigenvalue weighted by molar-refractivity contribution is -0.133. The van der Waals surface area contributed by atoms with E-state index in [1.807, 2.05) is 38.1 Å². The monoisotopic (exact) mass is 538 g/mol. The quantitative estimate of drug-likeness (QED) is 0.290. The number of methoxy groups -OCH3 is 4. The lowest BCUT2D eigenvalue weighted by atomic mass is 10.1. The maximum absolute atomic E-state index is 13.7. The van der Waals surface area contributed by atoms with Crippen molar-refractivity contribution >= 4 is 11.8 Å². The van der Waals surface area contributed by atoms with Gasteiger partial charge in [-0.1, -0.05) is 13.0 Å².